The largest absolute Gasteiger partial charge is 0.493 e. The maximum atomic E-state index is 12.5. The summed E-state index contributed by atoms with van der Waals surface area (Å²) in [6.45, 7) is 0.385. The summed E-state index contributed by atoms with van der Waals surface area (Å²) in [6, 6.07) is 25.2. The Kier molecular flexibility index (Phi) is 6.62. The maximum Gasteiger partial charge on any atom is 0.343 e. The number of rotatable bonds is 6. The Balaban J connectivity index is 1.41. The zero-order valence-corrected chi connectivity index (χ0v) is 21.1. The molecular formula is C29H20BrClO4. The molecule has 1 aliphatic rings. The van der Waals surface area contributed by atoms with Crippen LogP contribution in [-0.4, -0.2) is 13.1 Å². The number of carbonyl (C=O) groups excluding carboxylic acids is 1. The monoisotopic (exact) mass is 546 g/mol. The third-order valence-electron chi connectivity index (χ3n) is 5.68. The van der Waals surface area contributed by atoms with E-state index in [9.17, 15) is 4.79 Å². The van der Waals surface area contributed by atoms with Crippen LogP contribution in [0.15, 0.2) is 95.0 Å². The number of halogens is 2. The van der Waals surface area contributed by atoms with Gasteiger partial charge in [-0.05, 0) is 86.4 Å². The summed E-state index contributed by atoms with van der Waals surface area (Å²) in [5, 5.41) is 2.93. The first-order valence-corrected chi connectivity index (χ1v) is 12.1. The van der Waals surface area contributed by atoms with Gasteiger partial charge in [0.25, 0.3) is 0 Å². The number of cyclic esters (lactones) is 1. The van der Waals surface area contributed by atoms with Gasteiger partial charge in [0.1, 0.15) is 12.4 Å². The van der Waals surface area contributed by atoms with Gasteiger partial charge < -0.3 is 14.2 Å². The Hall–Kier alpha value is -3.54. The van der Waals surface area contributed by atoms with Gasteiger partial charge in [0.15, 0.2) is 11.5 Å². The van der Waals surface area contributed by atoms with E-state index in [1.54, 1.807) is 31.4 Å². The van der Waals surface area contributed by atoms with Gasteiger partial charge >= 0.3 is 5.97 Å². The minimum absolute atomic E-state index is 0.385. The highest BCUT2D eigenvalue weighted by Gasteiger charge is 2.22. The van der Waals surface area contributed by atoms with Crippen molar-refractivity contribution in [3.05, 3.63) is 117 Å². The summed E-state index contributed by atoms with van der Waals surface area (Å²) in [5.41, 5.74) is 3.07. The van der Waals surface area contributed by atoms with E-state index in [1.165, 1.54) is 0 Å². The summed E-state index contributed by atoms with van der Waals surface area (Å²) >= 11 is 9.56. The van der Waals surface area contributed by atoms with E-state index in [4.69, 9.17) is 25.8 Å². The topological polar surface area (TPSA) is 44.8 Å². The zero-order valence-electron chi connectivity index (χ0n) is 18.8. The Labute approximate surface area is 216 Å². The minimum atomic E-state index is -0.415. The van der Waals surface area contributed by atoms with Crippen molar-refractivity contribution in [2.45, 2.75) is 6.61 Å². The Morgan fingerprint density at radius 3 is 2.57 bits per heavy atom. The van der Waals surface area contributed by atoms with Crippen LogP contribution in [0.4, 0.5) is 0 Å². The standard InChI is InChI=1S/C29H20BrClO4/c1-33-27-15-18(13-22-16-26(35-29(22)32)20-9-11-23(31)12-10-20)14-25(30)28(27)34-17-21-7-4-6-19-5-2-3-8-24(19)21/h2-16H,17H2,1H3/b22-13+. The lowest BCUT2D eigenvalue weighted by Gasteiger charge is -2.15. The van der Waals surface area contributed by atoms with Crippen molar-refractivity contribution >= 4 is 56.1 Å². The molecule has 0 saturated carbocycles. The van der Waals surface area contributed by atoms with Gasteiger partial charge in [0.2, 0.25) is 0 Å². The Morgan fingerprint density at radius 2 is 1.77 bits per heavy atom. The second-order valence-corrected chi connectivity index (χ2v) is 9.26. The summed E-state index contributed by atoms with van der Waals surface area (Å²) in [7, 11) is 1.59. The Morgan fingerprint density at radius 1 is 1.00 bits per heavy atom. The molecule has 0 aliphatic carbocycles. The number of hydrogen-bond donors (Lipinski definition) is 0. The van der Waals surface area contributed by atoms with Crippen LogP contribution in [0.1, 0.15) is 16.7 Å². The van der Waals surface area contributed by atoms with Gasteiger partial charge in [-0.25, -0.2) is 4.79 Å². The summed E-state index contributed by atoms with van der Waals surface area (Å²) in [5.74, 6) is 1.22. The smallest absolute Gasteiger partial charge is 0.343 e. The fourth-order valence-corrected chi connectivity index (χ4v) is 4.66. The molecule has 0 aromatic heterocycles. The second-order valence-electron chi connectivity index (χ2n) is 7.97. The molecule has 1 heterocycles. The lowest BCUT2D eigenvalue weighted by Crippen LogP contribution is -2.00. The van der Waals surface area contributed by atoms with Crippen molar-refractivity contribution in [2.24, 2.45) is 0 Å². The molecule has 0 amide bonds. The molecule has 4 aromatic rings. The third-order valence-corrected chi connectivity index (χ3v) is 6.52. The molecule has 4 aromatic carbocycles. The van der Waals surface area contributed by atoms with Crippen LogP contribution in [0.25, 0.3) is 22.6 Å². The molecule has 0 saturated heterocycles. The van der Waals surface area contributed by atoms with Gasteiger partial charge in [-0.1, -0.05) is 54.1 Å². The number of fused-ring (bicyclic) bond motifs is 1. The molecule has 0 spiro atoms. The van der Waals surface area contributed by atoms with Gasteiger partial charge in [-0.15, -0.1) is 0 Å². The molecule has 174 valence electrons. The molecule has 5 rings (SSSR count). The first-order valence-electron chi connectivity index (χ1n) is 10.9. The van der Waals surface area contributed by atoms with Crippen molar-refractivity contribution in [3.8, 4) is 11.5 Å². The molecule has 0 fully saturated rings. The quantitative estimate of drug-likeness (QED) is 0.182. The fraction of sp³-hybridized carbons (Fsp3) is 0.0690. The van der Waals surface area contributed by atoms with Crippen LogP contribution in [0.3, 0.4) is 0 Å². The molecule has 0 radical (unpaired) electrons. The number of methoxy groups -OCH3 is 1. The van der Waals surface area contributed by atoms with E-state index in [0.717, 1.165) is 31.9 Å². The van der Waals surface area contributed by atoms with Crippen LogP contribution >= 0.6 is 27.5 Å². The van der Waals surface area contributed by atoms with E-state index in [1.807, 2.05) is 42.5 Å². The van der Waals surface area contributed by atoms with Crippen LogP contribution in [0.5, 0.6) is 11.5 Å². The summed E-state index contributed by atoms with van der Waals surface area (Å²) in [6.07, 6.45) is 3.48. The fourth-order valence-electron chi connectivity index (χ4n) is 3.96. The first kappa shape index (κ1) is 23.2. The first-order chi connectivity index (χ1) is 17.0. The van der Waals surface area contributed by atoms with E-state index in [0.29, 0.717) is 34.5 Å². The predicted octanol–water partition coefficient (Wildman–Crippen LogP) is 7.82. The van der Waals surface area contributed by atoms with Crippen molar-refractivity contribution in [2.75, 3.05) is 7.11 Å². The molecule has 0 N–H and O–H groups in total. The number of hydrogen-bond acceptors (Lipinski definition) is 4. The molecule has 0 unspecified atom stereocenters. The second kappa shape index (κ2) is 9.98. The average molecular weight is 548 g/mol. The van der Waals surface area contributed by atoms with Crippen molar-refractivity contribution in [3.63, 3.8) is 0 Å². The highest BCUT2D eigenvalue weighted by molar-refractivity contribution is 9.10. The van der Waals surface area contributed by atoms with E-state index in [-0.39, 0.29) is 0 Å². The molecule has 0 atom stereocenters. The van der Waals surface area contributed by atoms with E-state index < -0.39 is 5.97 Å². The summed E-state index contributed by atoms with van der Waals surface area (Å²) in [4.78, 5) is 12.5. The SMILES string of the molecule is COc1cc(/C=C2\C=C(c3ccc(Cl)cc3)OC2=O)cc(Br)c1OCc1cccc2ccccc12. The van der Waals surface area contributed by atoms with Crippen molar-refractivity contribution in [1.82, 2.24) is 0 Å². The molecule has 0 bridgehead atoms. The maximum absolute atomic E-state index is 12.5. The molecule has 35 heavy (non-hydrogen) atoms. The van der Waals surface area contributed by atoms with Crippen LogP contribution in [-0.2, 0) is 16.1 Å². The lowest BCUT2D eigenvalue weighted by atomic mass is 10.1. The lowest BCUT2D eigenvalue weighted by molar-refractivity contribution is -0.130. The Bertz CT molecular complexity index is 1480. The molecule has 4 nitrogen and oxygen atoms in total. The van der Waals surface area contributed by atoms with E-state index >= 15 is 0 Å². The number of esters is 1. The zero-order chi connectivity index (χ0) is 24.4. The number of benzene rings is 4. The van der Waals surface area contributed by atoms with Gasteiger partial charge in [-0.2, -0.15) is 0 Å². The molecule has 1 aliphatic heterocycles. The van der Waals surface area contributed by atoms with Gasteiger partial charge in [-0.3, -0.25) is 0 Å². The normalized spacial score (nSPS) is 14.2. The average Bonchev–Trinajstić information content (AvgIpc) is 3.23. The highest BCUT2D eigenvalue weighted by atomic mass is 79.9. The van der Waals surface area contributed by atoms with Crippen molar-refractivity contribution in [1.29, 1.82) is 0 Å². The number of ether oxygens (including phenoxy) is 3. The minimum Gasteiger partial charge on any atom is -0.493 e. The van der Waals surface area contributed by atoms with Crippen LogP contribution in [0, 0.1) is 0 Å². The van der Waals surface area contributed by atoms with Crippen LogP contribution in [0.2, 0.25) is 5.02 Å². The highest BCUT2D eigenvalue weighted by Crippen LogP contribution is 2.39. The number of carbonyl (C=O) groups is 1. The molecular weight excluding hydrogens is 528 g/mol. The van der Waals surface area contributed by atoms with Crippen molar-refractivity contribution < 1.29 is 19.0 Å². The third kappa shape index (κ3) is 4.97. The van der Waals surface area contributed by atoms with Gasteiger partial charge in [0, 0.05) is 10.6 Å². The van der Waals surface area contributed by atoms with E-state index in [2.05, 4.69) is 40.2 Å². The predicted molar refractivity (Wildman–Crippen MR) is 142 cm³/mol. The van der Waals surface area contributed by atoms with Crippen LogP contribution < -0.4 is 9.47 Å². The summed E-state index contributed by atoms with van der Waals surface area (Å²) < 4.78 is 18.0. The van der Waals surface area contributed by atoms with Gasteiger partial charge in [0.05, 0.1) is 17.2 Å². The molecule has 6 heteroatoms.